The Morgan fingerprint density at radius 2 is 1.54 bits per heavy atom. The lowest BCUT2D eigenvalue weighted by atomic mass is 9.71. The molecule has 0 unspecified atom stereocenters. The van der Waals surface area contributed by atoms with Crippen molar-refractivity contribution in [2.75, 3.05) is 19.8 Å². The van der Waals surface area contributed by atoms with Gasteiger partial charge in [-0.15, -0.1) is 0 Å². The Morgan fingerprint density at radius 1 is 0.784 bits per heavy atom. The second-order valence-corrected chi connectivity index (χ2v) is 11.9. The van der Waals surface area contributed by atoms with Crippen molar-refractivity contribution >= 4 is 27.3 Å². The van der Waals surface area contributed by atoms with E-state index in [0.717, 1.165) is 61.9 Å². The van der Waals surface area contributed by atoms with Crippen LogP contribution in [0.2, 0.25) is 0 Å². The topological polar surface area (TPSA) is 47.9 Å². The third-order valence-electron chi connectivity index (χ3n) is 7.49. The van der Waals surface area contributed by atoms with Crippen LogP contribution in [0.5, 0.6) is 17.2 Å². The maximum absolute atomic E-state index is 10.5. The normalized spacial score (nSPS) is 17.2. The molecule has 0 atom stereocenters. The van der Waals surface area contributed by atoms with Crippen LogP contribution in [0.15, 0.2) is 66.2 Å². The number of hydrogen-bond acceptors (Lipinski definition) is 4. The lowest BCUT2D eigenvalue weighted by Gasteiger charge is -2.31. The van der Waals surface area contributed by atoms with Crippen LogP contribution >= 0.6 is 0 Å². The first-order valence-corrected chi connectivity index (χ1v) is 13.1. The van der Waals surface area contributed by atoms with E-state index in [1.54, 1.807) is 6.07 Å². The van der Waals surface area contributed by atoms with Crippen LogP contribution in [0.25, 0.3) is 38.4 Å². The van der Waals surface area contributed by atoms with Gasteiger partial charge in [0.15, 0.2) is 0 Å². The molecule has 2 aliphatic heterocycles. The van der Waals surface area contributed by atoms with Crippen LogP contribution in [0, 0.1) is 10.8 Å². The summed E-state index contributed by atoms with van der Waals surface area (Å²) in [5.41, 5.74) is 4.00. The van der Waals surface area contributed by atoms with Crippen LogP contribution in [-0.2, 0) is 4.74 Å². The molecule has 0 bridgehead atoms. The molecule has 0 aromatic heterocycles. The summed E-state index contributed by atoms with van der Waals surface area (Å²) in [7, 11) is 0. The van der Waals surface area contributed by atoms with Crippen molar-refractivity contribution in [3.63, 3.8) is 0 Å². The number of rotatable bonds is 1. The summed E-state index contributed by atoms with van der Waals surface area (Å²) in [5.74, 6) is 2.78. The molecule has 2 aliphatic rings. The van der Waals surface area contributed by atoms with Gasteiger partial charge in [-0.1, -0.05) is 65.0 Å². The molecule has 37 heavy (non-hydrogen) atoms. The second-order valence-electron chi connectivity index (χ2n) is 11.9. The van der Waals surface area contributed by atoms with Crippen molar-refractivity contribution in [3.05, 3.63) is 71.8 Å². The summed E-state index contributed by atoms with van der Waals surface area (Å²) in [6.07, 6.45) is 0.774. The fourth-order valence-electron chi connectivity index (χ4n) is 6.26. The van der Waals surface area contributed by atoms with E-state index in [9.17, 15) is 5.11 Å². The van der Waals surface area contributed by atoms with Gasteiger partial charge in [0.25, 0.3) is 0 Å². The average Bonchev–Trinajstić information content (AvgIpc) is 3.22. The third-order valence-corrected chi connectivity index (χ3v) is 7.49. The molecule has 0 radical (unpaired) electrons. The van der Waals surface area contributed by atoms with Gasteiger partial charge in [0.1, 0.15) is 23.0 Å². The van der Waals surface area contributed by atoms with Gasteiger partial charge in [0.2, 0.25) is 0 Å². The fraction of sp³-hybridized carbons (Fsp3) is 0.333. The highest BCUT2D eigenvalue weighted by molar-refractivity contribution is 6.11. The smallest absolute Gasteiger partial charge is 0.138 e. The summed E-state index contributed by atoms with van der Waals surface area (Å²) in [6.45, 7) is 13.0. The molecule has 0 aliphatic carbocycles. The first-order valence-electron chi connectivity index (χ1n) is 13.1. The zero-order valence-electron chi connectivity index (χ0n) is 22.3. The zero-order valence-corrected chi connectivity index (χ0v) is 22.3. The Kier molecular flexibility index (Phi) is 5.41. The number of phenolic OH excluding ortho intramolecular Hbond substituents is 1. The molecule has 4 heteroatoms. The van der Waals surface area contributed by atoms with Crippen LogP contribution < -0.4 is 9.47 Å². The van der Waals surface area contributed by atoms with Crippen molar-refractivity contribution in [2.24, 2.45) is 10.8 Å². The number of benzene rings is 4. The van der Waals surface area contributed by atoms with Crippen molar-refractivity contribution in [1.29, 1.82) is 0 Å². The van der Waals surface area contributed by atoms with Crippen LogP contribution in [-0.4, -0.2) is 24.9 Å². The van der Waals surface area contributed by atoms with E-state index in [1.165, 1.54) is 5.57 Å². The molecule has 0 saturated carbocycles. The summed E-state index contributed by atoms with van der Waals surface area (Å²) in [6, 6.07) is 20.3. The molecule has 0 fully saturated rings. The Morgan fingerprint density at radius 3 is 2.35 bits per heavy atom. The van der Waals surface area contributed by atoms with E-state index >= 15 is 0 Å². The maximum atomic E-state index is 10.5. The van der Waals surface area contributed by atoms with Gasteiger partial charge < -0.3 is 19.3 Å². The summed E-state index contributed by atoms with van der Waals surface area (Å²) >= 11 is 0. The van der Waals surface area contributed by atoms with Crippen LogP contribution in [0.3, 0.4) is 0 Å². The summed E-state index contributed by atoms with van der Waals surface area (Å²) < 4.78 is 19.5. The number of phenols is 1. The van der Waals surface area contributed by atoms with Crippen molar-refractivity contribution < 1.29 is 19.3 Å². The third kappa shape index (κ3) is 3.90. The van der Waals surface area contributed by atoms with Crippen LogP contribution in [0.1, 0.15) is 46.6 Å². The Labute approximate surface area is 218 Å². The molecule has 6 rings (SSSR count). The molecule has 4 nitrogen and oxygen atoms in total. The first-order chi connectivity index (χ1) is 17.6. The quantitative estimate of drug-likeness (QED) is 0.289. The van der Waals surface area contributed by atoms with Gasteiger partial charge in [0.05, 0.1) is 25.4 Å². The van der Waals surface area contributed by atoms with Gasteiger partial charge in [-0.05, 0) is 62.9 Å². The number of hydrogen-bond donors (Lipinski definition) is 1. The van der Waals surface area contributed by atoms with E-state index in [2.05, 4.69) is 77.1 Å². The van der Waals surface area contributed by atoms with E-state index in [-0.39, 0.29) is 16.6 Å². The predicted molar refractivity (Wildman–Crippen MR) is 150 cm³/mol. The van der Waals surface area contributed by atoms with Gasteiger partial charge in [-0.2, -0.15) is 0 Å². The fourth-order valence-corrected chi connectivity index (χ4v) is 6.26. The number of aromatic hydroxyl groups is 1. The van der Waals surface area contributed by atoms with E-state index in [0.29, 0.717) is 19.8 Å². The zero-order chi connectivity index (χ0) is 25.9. The molecular weight excluding hydrogens is 460 g/mol. The maximum Gasteiger partial charge on any atom is 0.138 e. The molecule has 2 heterocycles. The Hall–Kier alpha value is -3.66. The average molecular weight is 495 g/mol. The SMILES string of the molecule is CC(C)(C)C1=C(c2cc3cc(O)ccc3c3c2OCCCOc2ccc4ccccc4c2-3)OCC1(C)C. The monoisotopic (exact) mass is 494 g/mol. The number of fused-ring (bicyclic) bond motifs is 7. The minimum Gasteiger partial charge on any atom is -0.508 e. The molecule has 4 aromatic carbocycles. The molecule has 1 N–H and O–H groups in total. The van der Waals surface area contributed by atoms with E-state index < -0.39 is 0 Å². The molecular formula is C33H34O4. The molecule has 0 saturated heterocycles. The standard InChI is InChI=1S/C33H34O4/c1-32(2,3)31-30(37-19-33(31,4)5)25-18-21-17-22(34)12-13-24(21)28-27-23-10-7-6-9-20(23)11-14-26(27)35-15-8-16-36-29(25)28/h6-7,9-14,17-18,34H,8,15-16,19H2,1-5H3. The first kappa shape index (κ1) is 23.7. The predicted octanol–water partition coefficient (Wildman–Crippen LogP) is 8.34. The van der Waals surface area contributed by atoms with Gasteiger partial charge in [-0.25, -0.2) is 0 Å². The van der Waals surface area contributed by atoms with Gasteiger partial charge >= 0.3 is 0 Å². The highest BCUT2D eigenvalue weighted by atomic mass is 16.5. The highest BCUT2D eigenvalue weighted by Gasteiger charge is 2.42. The molecule has 190 valence electrons. The van der Waals surface area contributed by atoms with E-state index in [4.69, 9.17) is 14.2 Å². The lowest BCUT2D eigenvalue weighted by Crippen LogP contribution is -2.24. The second kappa shape index (κ2) is 8.44. The van der Waals surface area contributed by atoms with Crippen molar-refractivity contribution in [2.45, 2.75) is 41.0 Å². The van der Waals surface area contributed by atoms with Crippen LogP contribution in [0.4, 0.5) is 0 Å². The van der Waals surface area contributed by atoms with Crippen molar-refractivity contribution in [1.82, 2.24) is 0 Å². The summed E-state index contributed by atoms with van der Waals surface area (Å²) in [5, 5.41) is 14.7. The van der Waals surface area contributed by atoms with Gasteiger partial charge in [-0.3, -0.25) is 0 Å². The molecule has 4 aromatic rings. The summed E-state index contributed by atoms with van der Waals surface area (Å²) in [4.78, 5) is 0. The Balaban J connectivity index is 1.81. The Bertz CT molecular complexity index is 1570. The molecule has 0 amide bonds. The highest BCUT2D eigenvalue weighted by Crippen LogP contribution is 2.54. The van der Waals surface area contributed by atoms with E-state index in [1.807, 2.05) is 12.1 Å². The largest absolute Gasteiger partial charge is 0.508 e. The number of ether oxygens (including phenoxy) is 3. The minimum atomic E-state index is -0.111. The molecule has 0 spiro atoms. The van der Waals surface area contributed by atoms with Gasteiger partial charge in [0, 0.05) is 23.0 Å². The van der Waals surface area contributed by atoms with Crippen molar-refractivity contribution in [3.8, 4) is 28.4 Å². The lowest BCUT2D eigenvalue weighted by molar-refractivity contribution is 0.212. The minimum absolute atomic E-state index is 0.0950.